The van der Waals surface area contributed by atoms with Crippen LogP contribution in [-0.2, 0) is 5.75 Å². The average molecular weight is 447 g/mol. The van der Waals surface area contributed by atoms with Crippen LogP contribution >= 0.6 is 23.4 Å². The summed E-state index contributed by atoms with van der Waals surface area (Å²) in [4.78, 5) is 23.0. The lowest BCUT2D eigenvalue weighted by Crippen LogP contribution is -2.22. The molecule has 0 saturated carbocycles. The molecule has 0 unspecified atom stereocenters. The highest BCUT2D eigenvalue weighted by Gasteiger charge is 2.16. The van der Waals surface area contributed by atoms with Crippen LogP contribution in [0, 0.1) is 13.8 Å². The van der Waals surface area contributed by atoms with Gasteiger partial charge in [-0.25, -0.2) is 9.97 Å². The summed E-state index contributed by atoms with van der Waals surface area (Å²) in [6.45, 7) is 4.08. The Balaban J connectivity index is 1.62. The van der Waals surface area contributed by atoms with E-state index in [-0.39, 0.29) is 5.56 Å². The highest BCUT2D eigenvalue weighted by molar-refractivity contribution is 7.98. The summed E-state index contributed by atoms with van der Waals surface area (Å²) in [7, 11) is 0. The van der Waals surface area contributed by atoms with Crippen molar-refractivity contribution in [2.75, 3.05) is 0 Å². The summed E-state index contributed by atoms with van der Waals surface area (Å²) in [6.07, 6.45) is 3.79. The van der Waals surface area contributed by atoms with E-state index in [1.807, 2.05) is 85.2 Å². The van der Waals surface area contributed by atoms with Crippen LogP contribution in [0.5, 0.6) is 0 Å². The lowest BCUT2D eigenvalue weighted by molar-refractivity contribution is 0.812. The van der Waals surface area contributed by atoms with E-state index in [0.717, 1.165) is 28.2 Å². The molecule has 31 heavy (non-hydrogen) atoms. The predicted octanol–water partition coefficient (Wildman–Crippen LogP) is 5.60. The molecule has 0 N–H and O–H groups in total. The van der Waals surface area contributed by atoms with Gasteiger partial charge in [-0.2, -0.15) is 0 Å². The highest BCUT2D eigenvalue weighted by atomic mass is 35.5. The van der Waals surface area contributed by atoms with Crippen LogP contribution in [0.2, 0.25) is 5.02 Å². The van der Waals surface area contributed by atoms with E-state index in [4.69, 9.17) is 16.6 Å². The summed E-state index contributed by atoms with van der Waals surface area (Å²) in [5, 5.41) is 1.91. The molecule has 0 radical (unpaired) electrons. The van der Waals surface area contributed by atoms with Crippen LogP contribution in [0.1, 0.15) is 16.8 Å². The van der Waals surface area contributed by atoms with Crippen LogP contribution in [0.25, 0.3) is 22.2 Å². The number of aromatic nitrogens is 4. The largest absolute Gasteiger partial charge is 0.305 e. The second-order valence-electron chi connectivity index (χ2n) is 7.40. The molecule has 3 heterocycles. The molecule has 3 aromatic heterocycles. The van der Waals surface area contributed by atoms with Crippen molar-refractivity contribution in [3.05, 3.63) is 99.2 Å². The molecule has 154 valence electrons. The highest BCUT2D eigenvalue weighted by Crippen LogP contribution is 2.27. The van der Waals surface area contributed by atoms with Gasteiger partial charge in [-0.15, -0.1) is 0 Å². The molecule has 0 amide bonds. The molecule has 5 rings (SSSR count). The first-order valence-corrected chi connectivity index (χ1v) is 11.2. The lowest BCUT2D eigenvalue weighted by atomic mass is 10.1. The molecule has 5 aromatic rings. The van der Waals surface area contributed by atoms with Crippen LogP contribution in [0.4, 0.5) is 0 Å². The first kappa shape index (κ1) is 19.8. The third-order valence-corrected chi connectivity index (χ3v) is 6.57. The van der Waals surface area contributed by atoms with E-state index in [1.165, 1.54) is 11.8 Å². The van der Waals surface area contributed by atoms with E-state index in [9.17, 15) is 4.79 Å². The molecule has 0 atom stereocenters. The number of halogens is 1. The number of hydrogen-bond acceptors (Lipinski definition) is 4. The minimum absolute atomic E-state index is 0.0661. The van der Waals surface area contributed by atoms with Gasteiger partial charge in [-0.3, -0.25) is 9.36 Å². The normalized spacial score (nSPS) is 11.5. The molecule has 0 fully saturated rings. The zero-order chi connectivity index (χ0) is 21.5. The number of imidazole rings is 1. The standard InChI is InChI=1S/C24H19ClN4OS/c1-15-6-5-9-21(16(15)2)29-23(30)19-7-3-4-8-20(19)27-24(29)31-14-18-13-28-12-17(25)10-11-22(28)26-18/h3-13H,14H2,1-2H3. The molecule has 5 nitrogen and oxygen atoms in total. The minimum Gasteiger partial charge on any atom is -0.305 e. The third kappa shape index (κ3) is 3.62. The fourth-order valence-corrected chi connectivity index (χ4v) is 4.68. The Morgan fingerprint density at radius 1 is 0.968 bits per heavy atom. The molecule has 0 spiro atoms. The molecular weight excluding hydrogens is 428 g/mol. The van der Waals surface area contributed by atoms with Crippen molar-refractivity contribution < 1.29 is 0 Å². The van der Waals surface area contributed by atoms with E-state index >= 15 is 0 Å². The molecule has 0 saturated heterocycles. The van der Waals surface area contributed by atoms with Crippen molar-refractivity contribution in [2.45, 2.75) is 24.8 Å². The van der Waals surface area contributed by atoms with Crippen molar-refractivity contribution in [1.82, 2.24) is 18.9 Å². The fourth-order valence-electron chi connectivity index (χ4n) is 3.62. The number of fused-ring (bicyclic) bond motifs is 2. The van der Waals surface area contributed by atoms with Gasteiger partial charge in [-0.05, 0) is 55.3 Å². The third-order valence-electron chi connectivity index (χ3n) is 5.38. The summed E-state index contributed by atoms with van der Waals surface area (Å²) < 4.78 is 3.63. The number of rotatable bonds is 4. The Morgan fingerprint density at radius 3 is 2.68 bits per heavy atom. The van der Waals surface area contributed by atoms with Gasteiger partial charge in [0.05, 0.1) is 27.3 Å². The fraction of sp³-hybridized carbons (Fsp3) is 0.125. The second-order valence-corrected chi connectivity index (χ2v) is 8.78. The number of pyridine rings is 1. The van der Waals surface area contributed by atoms with E-state index < -0.39 is 0 Å². The van der Waals surface area contributed by atoms with Crippen molar-refractivity contribution in [2.24, 2.45) is 0 Å². The predicted molar refractivity (Wildman–Crippen MR) is 127 cm³/mol. The number of hydrogen-bond donors (Lipinski definition) is 0. The number of aryl methyl sites for hydroxylation is 1. The van der Waals surface area contributed by atoms with E-state index in [1.54, 1.807) is 4.57 Å². The number of nitrogens with zero attached hydrogens (tertiary/aromatic N) is 4. The number of benzene rings is 2. The first-order chi connectivity index (χ1) is 15.0. The Labute approximate surface area is 188 Å². The van der Waals surface area contributed by atoms with Gasteiger partial charge in [0.15, 0.2) is 5.16 Å². The Kier molecular flexibility index (Phi) is 5.04. The number of para-hydroxylation sites is 1. The van der Waals surface area contributed by atoms with Crippen LogP contribution in [-0.4, -0.2) is 18.9 Å². The molecule has 7 heteroatoms. The zero-order valence-electron chi connectivity index (χ0n) is 17.0. The van der Waals surface area contributed by atoms with Crippen molar-refractivity contribution in [3.8, 4) is 5.69 Å². The van der Waals surface area contributed by atoms with E-state index in [2.05, 4.69) is 4.98 Å². The Morgan fingerprint density at radius 2 is 1.81 bits per heavy atom. The van der Waals surface area contributed by atoms with Gasteiger partial charge in [0.1, 0.15) is 5.65 Å². The maximum Gasteiger partial charge on any atom is 0.266 e. The van der Waals surface area contributed by atoms with Gasteiger partial charge >= 0.3 is 0 Å². The summed E-state index contributed by atoms with van der Waals surface area (Å²) in [5.41, 5.74) is 5.40. The molecule has 0 aliphatic heterocycles. The van der Waals surface area contributed by atoms with Gasteiger partial charge in [-0.1, -0.05) is 47.6 Å². The van der Waals surface area contributed by atoms with Crippen molar-refractivity contribution in [3.63, 3.8) is 0 Å². The number of thioether (sulfide) groups is 1. The van der Waals surface area contributed by atoms with Crippen LogP contribution in [0.15, 0.2) is 76.9 Å². The van der Waals surface area contributed by atoms with E-state index in [0.29, 0.717) is 26.8 Å². The summed E-state index contributed by atoms with van der Waals surface area (Å²) in [6, 6.07) is 17.2. The van der Waals surface area contributed by atoms with Crippen molar-refractivity contribution in [1.29, 1.82) is 0 Å². The maximum absolute atomic E-state index is 13.5. The summed E-state index contributed by atoms with van der Waals surface area (Å²) >= 11 is 7.59. The SMILES string of the molecule is Cc1cccc(-n2c(SCc3cn4cc(Cl)ccc4n3)nc3ccccc3c2=O)c1C. The lowest BCUT2D eigenvalue weighted by Gasteiger charge is -2.16. The van der Waals surface area contributed by atoms with Crippen LogP contribution in [0.3, 0.4) is 0 Å². The Bertz CT molecular complexity index is 1510. The minimum atomic E-state index is -0.0661. The summed E-state index contributed by atoms with van der Waals surface area (Å²) in [5.74, 6) is 0.578. The zero-order valence-corrected chi connectivity index (χ0v) is 18.6. The smallest absolute Gasteiger partial charge is 0.266 e. The van der Waals surface area contributed by atoms with Gasteiger partial charge in [0.2, 0.25) is 0 Å². The van der Waals surface area contributed by atoms with Crippen molar-refractivity contribution >= 4 is 39.9 Å². The molecule has 2 aromatic carbocycles. The maximum atomic E-state index is 13.5. The quantitative estimate of drug-likeness (QED) is 0.266. The molecule has 0 aliphatic carbocycles. The average Bonchev–Trinajstić information content (AvgIpc) is 3.17. The van der Waals surface area contributed by atoms with Crippen LogP contribution < -0.4 is 5.56 Å². The van der Waals surface area contributed by atoms with Gasteiger partial charge in [0, 0.05) is 18.1 Å². The monoisotopic (exact) mass is 446 g/mol. The molecule has 0 bridgehead atoms. The van der Waals surface area contributed by atoms with Gasteiger partial charge in [0.25, 0.3) is 5.56 Å². The Hall–Kier alpha value is -3.09. The molecular formula is C24H19ClN4OS. The first-order valence-electron chi connectivity index (χ1n) is 9.85. The molecule has 0 aliphatic rings. The van der Waals surface area contributed by atoms with Gasteiger partial charge < -0.3 is 4.40 Å². The second kappa shape index (κ2) is 7.87. The topological polar surface area (TPSA) is 52.2 Å².